The fraction of sp³-hybridized carbons (Fsp3) is 0.444. The summed E-state index contributed by atoms with van der Waals surface area (Å²) in [5.41, 5.74) is 1.85. The van der Waals surface area contributed by atoms with E-state index < -0.39 is 5.97 Å². The van der Waals surface area contributed by atoms with Crippen molar-refractivity contribution in [3.05, 3.63) is 59.2 Å². The number of nitrogens with zero attached hydrogens (tertiary/aromatic N) is 2. The summed E-state index contributed by atoms with van der Waals surface area (Å²) in [5.74, 6) is -0.970. The largest absolute Gasteiger partial charge is 0.491 e. The van der Waals surface area contributed by atoms with Gasteiger partial charge >= 0.3 is 5.97 Å². The van der Waals surface area contributed by atoms with Crippen LogP contribution in [0.2, 0.25) is 0 Å². The second-order valence-corrected chi connectivity index (χ2v) is 9.38. The zero-order valence-corrected chi connectivity index (χ0v) is 21.5. The van der Waals surface area contributed by atoms with Gasteiger partial charge in [0.2, 0.25) is 5.91 Å². The minimum absolute atomic E-state index is 0.0364. The molecule has 2 amide bonds. The van der Waals surface area contributed by atoms with Gasteiger partial charge in [0.1, 0.15) is 12.4 Å². The molecule has 0 spiro atoms. The monoisotopic (exact) mass is 497 g/mol. The number of hydrogen-bond donors (Lipinski definition) is 2. The summed E-state index contributed by atoms with van der Waals surface area (Å²) in [6.45, 7) is 7.17. The molecule has 3 atom stereocenters. The average Bonchev–Trinajstić information content (AvgIpc) is 2.84. The number of rotatable bonds is 5. The number of hydrogen-bond acceptors (Lipinski definition) is 6. The quantitative estimate of drug-likeness (QED) is 0.652. The van der Waals surface area contributed by atoms with Crippen molar-refractivity contribution in [3.8, 4) is 5.75 Å². The number of fused-ring (bicyclic) bond motifs is 1. The summed E-state index contributed by atoms with van der Waals surface area (Å²) in [5, 5.41) is 12.4. The van der Waals surface area contributed by atoms with Gasteiger partial charge in [-0.1, -0.05) is 25.1 Å². The molecule has 1 aliphatic heterocycles. The fourth-order valence-electron chi connectivity index (χ4n) is 4.44. The average molecular weight is 498 g/mol. The molecule has 0 unspecified atom stereocenters. The van der Waals surface area contributed by atoms with E-state index in [0.29, 0.717) is 36.6 Å². The lowest BCUT2D eigenvalue weighted by molar-refractivity contribution is -0.114. The first-order valence-electron chi connectivity index (χ1n) is 12.0. The first kappa shape index (κ1) is 27.2. The van der Waals surface area contributed by atoms with Crippen molar-refractivity contribution in [2.75, 3.05) is 39.2 Å². The van der Waals surface area contributed by atoms with Crippen LogP contribution < -0.4 is 10.1 Å². The van der Waals surface area contributed by atoms with Gasteiger partial charge in [0.25, 0.3) is 5.91 Å². The van der Waals surface area contributed by atoms with Crippen LogP contribution in [0.25, 0.3) is 0 Å². The SMILES string of the molecule is CO[C@@H]1CN(C)C(=O)c2cc(NC(C)=O)ccc2OC[C@H](C)N(Cc2ccccc2C(=O)O)C[C@H]1C. The summed E-state index contributed by atoms with van der Waals surface area (Å²) >= 11 is 0. The zero-order chi connectivity index (χ0) is 26.4. The van der Waals surface area contributed by atoms with Gasteiger partial charge in [-0.25, -0.2) is 4.79 Å². The Bertz CT molecular complexity index is 1100. The fourth-order valence-corrected chi connectivity index (χ4v) is 4.44. The normalized spacial score (nSPS) is 21.5. The highest BCUT2D eigenvalue weighted by Crippen LogP contribution is 2.27. The molecule has 0 saturated carbocycles. The van der Waals surface area contributed by atoms with E-state index in [9.17, 15) is 19.5 Å². The van der Waals surface area contributed by atoms with Gasteiger partial charge in [-0.15, -0.1) is 0 Å². The highest BCUT2D eigenvalue weighted by Gasteiger charge is 2.29. The molecule has 2 aromatic rings. The highest BCUT2D eigenvalue weighted by molar-refractivity contribution is 5.99. The van der Waals surface area contributed by atoms with E-state index in [-0.39, 0.29) is 42.0 Å². The van der Waals surface area contributed by atoms with Crippen LogP contribution in [0.5, 0.6) is 5.75 Å². The van der Waals surface area contributed by atoms with Gasteiger partial charge in [0.15, 0.2) is 0 Å². The van der Waals surface area contributed by atoms with Crippen molar-refractivity contribution in [3.63, 3.8) is 0 Å². The number of carboxylic acid groups (broad SMARTS) is 1. The van der Waals surface area contributed by atoms with Crippen LogP contribution in [0.3, 0.4) is 0 Å². The van der Waals surface area contributed by atoms with Gasteiger partial charge in [-0.2, -0.15) is 0 Å². The van der Waals surface area contributed by atoms with E-state index in [4.69, 9.17) is 9.47 Å². The van der Waals surface area contributed by atoms with Crippen molar-refractivity contribution >= 4 is 23.5 Å². The Morgan fingerprint density at radius 1 is 1.17 bits per heavy atom. The summed E-state index contributed by atoms with van der Waals surface area (Å²) < 4.78 is 11.9. The summed E-state index contributed by atoms with van der Waals surface area (Å²) in [4.78, 5) is 40.5. The number of benzene rings is 2. The molecule has 2 aromatic carbocycles. The van der Waals surface area contributed by atoms with Crippen LogP contribution in [0.15, 0.2) is 42.5 Å². The topological polar surface area (TPSA) is 108 Å². The second-order valence-electron chi connectivity index (χ2n) is 9.38. The summed E-state index contributed by atoms with van der Waals surface area (Å²) in [7, 11) is 3.34. The molecule has 0 saturated heterocycles. The number of carbonyl (C=O) groups is 3. The van der Waals surface area contributed by atoms with Crippen LogP contribution in [0.1, 0.15) is 47.1 Å². The van der Waals surface area contributed by atoms with Crippen molar-refractivity contribution in [1.82, 2.24) is 9.80 Å². The molecule has 0 bridgehead atoms. The molecule has 1 heterocycles. The van der Waals surface area contributed by atoms with Gasteiger partial charge in [0.05, 0.1) is 17.2 Å². The van der Waals surface area contributed by atoms with Crippen LogP contribution in [-0.2, 0) is 16.1 Å². The molecule has 1 aliphatic rings. The van der Waals surface area contributed by atoms with E-state index in [1.165, 1.54) is 6.92 Å². The Morgan fingerprint density at radius 3 is 2.56 bits per heavy atom. The number of ether oxygens (including phenoxy) is 2. The number of carboxylic acids is 1. The van der Waals surface area contributed by atoms with E-state index >= 15 is 0 Å². The maximum Gasteiger partial charge on any atom is 0.336 e. The van der Waals surface area contributed by atoms with Crippen molar-refractivity contribution < 1.29 is 29.0 Å². The number of nitrogens with one attached hydrogen (secondary N) is 1. The first-order valence-corrected chi connectivity index (χ1v) is 12.0. The standard InChI is InChI=1S/C27H35N3O6/c1-17-13-30(14-20-8-6-7-9-22(20)27(33)34)18(2)16-36-24-11-10-21(28-19(3)31)12-23(24)26(32)29(4)15-25(17)35-5/h6-12,17-18,25H,13-16H2,1-5H3,(H,28,31)(H,33,34)/t17-,18+,25-/m1/s1. The smallest absolute Gasteiger partial charge is 0.336 e. The van der Waals surface area contributed by atoms with Crippen LogP contribution in [0.4, 0.5) is 5.69 Å². The van der Waals surface area contributed by atoms with Gasteiger partial charge in [0, 0.05) is 52.4 Å². The maximum atomic E-state index is 13.4. The lowest BCUT2D eigenvalue weighted by Gasteiger charge is -2.36. The molecule has 9 heteroatoms. The third-order valence-electron chi connectivity index (χ3n) is 6.52. The van der Waals surface area contributed by atoms with Crippen molar-refractivity contribution in [2.45, 2.75) is 39.5 Å². The molecule has 0 aliphatic carbocycles. The van der Waals surface area contributed by atoms with E-state index in [2.05, 4.69) is 17.1 Å². The number of anilines is 1. The van der Waals surface area contributed by atoms with Gasteiger partial charge in [-0.05, 0) is 42.7 Å². The Morgan fingerprint density at radius 2 is 1.89 bits per heavy atom. The predicted octanol–water partition coefficient (Wildman–Crippen LogP) is 3.35. The van der Waals surface area contributed by atoms with Gasteiger partial charge in [-0.3, -0.25) is 14.5 Å². The maximum absolute atomic E-state index is 13.4. The van der Waals surface area contributed by atoms with Crippen LogP contribution in [-0.4, -0.2) is 78.7 Å². The number of methoxy groups -OCH3 is 1. The lowest BCUT2D eigenvalue weighted by atomic mass is 10.00. The van der Waals surface area contributed by atoms with Crippen molar-refractivity contribution in [1.29, 1.82) is 0 Å². The number of amides is 2. The Balaban J connectivity index is 1.98. The molecule has 2 N–H and O–H groups in total. The minimum atomic E-state index is -0.962. The molecule has 3 rings (SSSR count). The molecule has 0 fully saturated rings. The van der Waals surface area contributed by atoms with E-state index in [1.54, 1.807) is 49.4 Å². The van der Waals surface area contributed by atoms with Crippen molar-refractivity contribution in [2.24, 2.45) is 5.92 Å². The molecule has 0 aromatic heterocycles. The third-order valence-corrected chi connectivity index (χ3v) is 6.52. The molecular formula is C27H35N3O6. The summed E-state index contributed by atoms with van der Waals surface area (Å²) in [6.07, 6.45) is -0.245. The first-order chi connectivity index (χ1) is 17.1. The van der Waals surface area contributed by atoms with Crippen LogP contribution >= 0.6 is 0 Å². The Kier molecular flexibility index (Phi) is 9.06. The number of aromatic carboxylic acids is 1. The Hall–Kier alpha value is -3.43. The van der Waals surface area contributed by atoms with Gasteiger partial charge < -0.3 is 24.8 Å². The number of likely N-dealkylation sites (N-methyl/N-ethyl adjacent to an activating group) is 1. The molecule has 194 valence electrons. The molecule has 9 nitrogen and oxygen atoms in total. The minimum Gasteiger partial charge on any atom is -0.491 e. The molecule has 36 heavy (non-hydrogen) atoms. The molecular weight excluding hydrogens is 462 g/mol. The van der Waals surface area contributed by atoms with E-state index in [1.807, 2.05) is 19.1 Å². The highest BCUT2D eigenvalue weighted by atomic mass is 16.5. The third kappa shape index (κ3) is 6.61. The molecule has 0 radical (unpaired) electrons. The van der Waals surface area contributed by atoms with E-state index in [0.717, 1.165) is 5.56 Å². The summed E-state index contributed by atoms with van der Waals surface area (Å²) in [6, 6.07) is 11.9. The zero-order valence-electron chi connectivity index (χ0n) is 21.5. The lowest BCUT2D eigenvalue weighted by Crippen LogP contribution is -2.46. The Labute approximate surface area is 212 Å². The second kappa shape index (κ2) is 12.0. The van der Waals surface area contributed by atoms with Crippen LogP contribution in [0, 0.1) is 5.92 Å². The number of carbonyl (C=O) groups excluding carboxylic acids is 2. The predicted molar refractivity (Wildman–Crippen MR) is 136 cm³/mol.